The molecule has 4 rings (SSSR count). The van der Waals surface area contributed by atoms with E-state index < -0.39 is 0 Å². The highest BCUT2D eigenvalue weighted by Gasteiger charge is 2.30. The molecule has 156 valence electrons. The molecule has 8 heteroatoms. The zero-order valence-corrected chi connectivity index (χ0v) is 16.8. The number of carbonyl (C=O) groups is 1. The Labute approximate surface area is 171 Å². The molecule has 1 aliphatic carbocycles. The average molecular weight is 399 g/mol. The van der Waals surface area contributed by atoms with Crippen LogP contribution in [0.25, 0.3) is 0 Å². The second-order valence-electron chi connectivity index (χ2n) is 7.88. The van der Waals surface area contributed by atoms with E-state index in [1.54, 1.807) is 24.4 Å². The first kappa shape index (κ1) is 19.5. The highest BCUT2D eigenvalue weighted by molar-refractivity contribution is 5.79. The molecular formula is C21H29N5O3. The van der Waals surface area contributed by atoms with Crippen molar-refractivity contribution in [3.8, 4) is 11.5 Å². The van der Waals surface area contributed by atoms with E-state index in [9.17, 15) is 4.79 Å². The van der Waals surface area contributed by atoms with E-state index in [0.717, 1.165) is 37.2 Å². The summed E-state index contributed by atoms with van der Waals surface area (Å²) in [7, 11) is 1.68. The van der Waals surface area contributed by atoms with Crippen LogP contribution in [0.5, 0.6) is 11.5 Å². The quantitative estimate of drug-likeness (QED) is 0.709. The molecule has 1 amide bonds. The van der Waals surface area contributed by atoms with Gasteiger partial charge in [-0.25, -0.2) is 4.68 Å². The number of nitrogens with zero attached hydrogens (tertiary/aromatic N) is 3. The van der Waals surface area contributed by atoms with Crippen LogP contribution in [-0.2, 0) is 4.79 Å². The number of carbonyl (C=O) groups excluding carboxylic acids is 1. The fraction of sp³-hybridized carbons (Fsp3) is 0.571. The third kappa shape index (κ3) is 4.81. The number of hydrogen-bond donors (Lipinski definition) is 2. The maximum atomic E-state index is 12.3. The lowest BCUT2D eigenvalue weighted by molar-refractivity contribution is -0.127. The van der Waals surface area contributed by atoms with Crippen LogP contribution < -0.4 is 20.2 Å². The van der Waals surface area contributed by atoms with Crippen molar-refractivity contribution in [2.45, 2.75) is 50.5 Å². The number of nitrogens with one attached hydrogen (secondary N) is 2. The SMILES string of the molecule is COc1ccc([C@H]2CNC(=O)C(CCNn3cnnc3)C2)cc1OC1CCCC1. The number of piperidine rings is 1. The van der Waals surface area contributed by atoms with Crippen molar-refractivity contribution in [3.63, 3.8) is 0 Å². The van der Waals surface area contributed by atoms with Gasteiger partial charge in [0.2, 0.25) is 5.91 Å². The molecule has 0 radical (unpaired) electrons. The first-order chi connectivity index (χ1) is 14.2. The molecule has 2 aliphatic rings. The molecule has 2 aromatic rings. The van der Waals surface area contributed by atoms with Crippen LogP contribution in [0.1, 0.15) is 50.0 Å². The van der Waals surface area contributed by atoms with Gasteiger partial charge in [0.25, 0.3) is 0 Å². The van der Waals surface area contributed by atoms with Gasteiger partial charge in [-0.05, 0) is 56.2 Å². The number of amides is 1. The largest absolute Gasteiger partial charge is 0.493 e. The summed E-state index contributed by atoms with van der Waals surface area (Å²) in [5.41, 5.74) is 4.38. The second-order valence-corrected chi connectivity index (χ2v) is 7.88. The molecule has 0 bridgehead atoms. The Hall–Kier alpha value is -2.77. The van der Waals surface area contributed by atoms with E-state index in [-0.39, 0.29) is 23.8 Å². The van der Waals surface area contributed by atoms with E-state index in [2.05, 4.69) is 33.1 Å². The van der Waals surface area contributed by atoms with Gasteiger partial charge in [-0.3, -0.25) is 4.79 Å². The fourth-order valence-electron chi connectivity index (χ4n) is 4.28. The molecule has 1 saturated heterocycles. The normalized spacial score (nSPS) is 22.3. The minimum atomic E-state index is -0.0287. The van der Waals surface area contributed by atoms with Gasteiger partial charge in [-0.1, -0.05) is 6.07 Å². The Bertz CT molecular complexity index is 805. The van der Waals surface area contributed by atoms with Gasteiger partial charge in [-0.15, -0.1) is 10.2 Å². The Kier molecular flexibility index (Phi) is 6.17. The molecule has 1 saturated carbocycles. The summed E-state index contributed by atoms with van der Waals surface area (Å²) in [4.78, 5) is 12.3. The third-order valence-electron chi connectivity index (χ3n) is 5.92. The van der Waals surface area contributed by atoms with Crippen LogP contribution in [-0.4, -0.2) is 47.1 Å². The third-order valence-corrected chi connectivity index (χ3v) is 5.92. The van der Waals surface area contributed by atoms with Gasteiger partial charge in [0.15, 0.2) is 11.5 Å². The first-order valence-electron chi connectivity index (χ1n) is 10.4. The van der Waals surface area contributed by atoms with Gasteiger partial charge in [-0.2, -0.15) is 0 Å². The van der Waals surface area contributed by atoms with Crippen LogP contribution in [0.2, 0.25) is 0 Å². The summed E-state index contributed by atoms with van der Waals surface area (Å²) in [6.45, 7) is 1.34. The number of hydrogen-bond acceptors (Lipinski definition) is 6. The van der Waals surface area contributed by atoms with Crippen molar-refractivity contribution in [3.05, 3.63) is 36.4 Å². The highest BCUT2D eigenvalue weighted by atomic mass is 16.5. The van der Waals surface area contributed by atoms with Crippen LogP contribution in [0.15, 0.2) is 30.9 Å². The van der Waals surface area contributed by atoms with Crippen molar-refractivity contribution < 1.29 is 14.3 Å². The van der Waals surface area contributed by atoms with Crippen LogP contribution in [0.4, 0.5) is 0 Å². The monoisotopic (exact) mass is 399 g/mol. The maximum Gasteiger partial charge on any atom is 0.223 e. The van der Waals surface area contributed by atoms with Crippen molar-refractivity contribution in [1.82, 2.24) is 20.2 Å². The molecule has 1 aromatic heterocycles. The number of ether oxygens (including phenoxy) is 2. The molecule has 2 atom stereocenters. The van der Waals surface area contributed by atoms with Crippen LogP contribution in [0.3, 0.4) is 0 Å². The summed E-state index contributed by atoms with van der Waals surface area (Å²) < 4.78 is 13.5. The Morgan fingerprint density at radius 3 is 2.76 bits per heavy atom. The number of aromatic nitrogens is 3. The Morgan fingerprint density at radius 1 is 1.21 bits per heavy atom. The van der Waals surface area contributed by atoms with E-state index in [4.69, 9.17) is 9.47 Å². The predicted octanol–water partition coefficient (Wildman–Crippen LogP) is 2.46. The van der Waals surface area contributed by atoms with E-state index in [1.807, 2.05) is 6.07 Å². The van der Waals surface area contributed by atoms with Gasteiger partial charge >= 0.3 is 0 Å². The molecule has 1 aliphatic heterocycles. The predicted molar refractivity (Wildman–Crippen MR) is 109 cm³/mol. The molecule has 8 nitrogen and oxygen atoms in total. The summed E-state index contributed by atoms with van der Waals surface area (Å²) in [6, 6.07) is 6.18. The molecule has 29 heavy (non-hydrogen) atoms. The number of rotatable bonds is 8. The molecule has 1 aromatic carbocycles. The topological polar surface area (TPSA) is 90.3 Å². The first-order valence-corrected chi connectivity index (χ1v) is 10.4. The minimum Gasteiger partial charge on any atom is -0.493 e. The van der Waals surface area contributed by atoms with Crippen LogP contribution >= 0.6 is 0 Å². The van der Waals surface area contributed by atoms with Crippen LogP contribution in [0, 0.1) is 5.92 Å². The van der Waals surface area contributed by atoms with Gasteiger partial charge in [0.05, 0.1) is 13.2 Å². The second kappa shape index (κ2) is 9.15. The smallest absolute Gasteiger partial charge is 0.223 e. The van der Waals surface area contributed by atoms with Gasteiger partial charge in [0, 0.05) is 24.9 Å². The molecule has 2 fully saturated rings. The number of methoxy groups -OCH3 is 1. The lowest BCUT2D eigenvalue weighted by Gasteiger charge is -2.30. The van der Waals surface area contributed by atoms with Crippen molar-refractivity contribution in [2.24, 2.45) is 5.92 Å². The number of benzene rings is 1. The fourth-order valence-corrected chi connectivity index (χ4v) is 4.28. The lowest BCUT2D eigenvalue weighted by Crippen LogP contribution is -2.41. The molecular weight excluding hydrogens is 370 g/mol. The van der Waals surface area contributed by atoms with Crippen molar-refractivity contribution >= 4 is 5.91 Å². The Balaban J connectivity index is 1.40. The summed E-state index contributed by atoms with van der Waals surface area (Å²) in [5, 5.41) is 10.6. The summed E-state index contributed by atoms with van der Waals surface area (Å²) >= 11 is 0. The highest BCUT2D eigenvalue weighted by Crippen LogP contribution is 2.36. The zero-order chi connectivity index (χ0) is 20.1. The van der Waals surface area contributed by atoms with E-state index in [1.165, 1.54) is 18.4 Å². The maximum absolute atomic E-state index is 12.3. The molecule has 1 unspecified atom stereocenters. The van der Waals surface area contributed by atoms with Gasteiger partial charge in [0.1, 0.15) is 12.7 Å². The minimum absolute atomic E-state index is 0.0287. The van der Waals surface area contributed by atoms with Gasteiger partial charge < -0.3 is 20.2 Å². The lowest BCUT2D eigenvalue weighted by atomic mass is 9.83. The summed E-state index contributed by atoms with van der Waals surface area (Å²) in [5.74, 6) is 1.96. The van der Waals surface area contributed by atoms with Crippen molar-refractivity contribution in [2.75, 3.05) is 25.6 Å². The average Bonchev–Trinajstić information content (AvgIpc) is 3.44. The molecule has 0 spiro atoms. The molecule has 2 heterocycles. The molecule has 2 N–H and O–H groups in total. The van der Waals surface area contributed by atoms with Crippen molar-refractivity contribution in [1.29, 1.82) is 0 Å². The van der Waals surface area contributed by atoms with E-state index >= 15 is 0 Å². The zero-order valence-electron chi connectivity index (χ0n) is 16.8. The summed E-state index contributed by atoms with van der Waals surface area (Å²) in [6.07, 6.45) is 9.73. The standard InChI is InChI=1S/C21H29N5O3/c1-28-19-7-6-15(11-20(19)29-18-4-2-3-5-18)17-10-16(21(27)22-12-17)8-9-25-26-13-23-24-14-26/h6-7,11,13-14,16-18,25H,2-5,8-10,12H2,1H3,(H,22,27)/t16?,17-/m1/s1. The Morgan fingerprint density at radius 2 is 2.00 bits per heavy atom. The van der Waals surface area contributed by atoms with E-state index in [0.29, 0.717) is 13.1 Å².